The SMILES string of the molecule is CC[C@H](C)[C@H](N)C(=O)N1CCC(C)CC1. The molecule has 1 rings (SSSR count). The molecule has 1 aliphatic rings. The maximum absolute atomic E-state index is 12.0. The molecule has 1 amide bonds. The third kappa shape index (κ3) is 3.20. The second-order valence-electron chi connectivity index (χ2n) is 4.92. The summed E-state index contributed by atoms with van der Waals surface area (Å²) in [4.78, 5) is 13.9. The molecule has 88 valence electrons. The van der Waals surface area contributed by atoms with Gasteiger partial charge in [-0.2, -0.15) is 0 Å². The van der Waals surface area contributed by atoms with Crippen molar-refractivity contribution in [1.82, 2.24) is 4.90 Å². The van der Waals surface area contributed by atoms with Crippen LogP contribution in [0.15, 0.2) is 0 Å². The highest BCUT2D eigenvalue weighted by Crippen LogP contribution is 2.18. The minimum atomic E-state index is -0.302. The van der Waals surface area contributed by atoms with Crippen LogP contribution in [0.2, 0.25) is 0 Å². The Morgan fingerprint density at radius 2 is 2.00 bits per heavy atom. The number of piperidine rings is 1. The zero-order chi connectivity index (χ0) is 11.4. The average molecular weight is 212 g/mol. The Kier molecular flexibility index (Phi) is 4.58. The summed E-state index contributed by atoms with van der Waals surface area (Å²) in [7, 11) is 0. The average Bonchev–Trinajstić information content (AvgIpc) is 2.27. The first-order valence-corrected chi connectivity index (χ1v) is 6.10. The van der Waals surface area contributed by atoms with Gasteiger partial charge in [0.1, 0.15) is 0 Å². The van der Waals surface area contributed by atoms with Crippen molar-refractivity contribution in [2.24, 2.45) is 17.6 Å². The molecule has 0 unspecified atom stereocenters. The monoisotopic (exact) mass is 212 g/mol. The van der Waals surface area contributed by atoms with Crippen molar-refractivity contribution < 1.29 is 4.79 Å². The Labute approximate surface area is 93.0 Å². The van der Waals surface area contributed by atoms with Gasteiger partial charge in [-0.25, -0.2) is 0 Å². The van der Waals surface area contributed by atoms with Crippen LogP contribution in [-0.2, 0) is 4.79 Å². The number of hydrogen-bond donors (Lipinski definition) is 1. The Morgan fingerprint density at radius 1 is 1.47 bits per heavy atom. The third-order valence-corrected chi connectivity index (χ3v) is 3.64. The molecule has 1 fully saturated rings. The number of nitrogens with zero attached hydrogens (tertiary/aromatic N) is 1. The molecule has 3 nitrogen and oxygen atoms in total. The number of nitrogens with two attached hydrogens (primary N) is 1. The van der Waals surface area contributed by atoms with Crippen molar-refractivity contribution >= 4 is 5.91 Å². The fraction of sp³-hybridized carbons (Fsp3) is 0.917. The quantitative estimate of drug-likeness (QED) is 0.772. The highest BCUT2D eigenvalue weighted by Gasteiger charge is 2.27. The largest absolute Gasteiger partial charge is 0.341 e. The fourth-order valence-electron chi connectivity index (χ4n) is 1.94. The van der Waals surface area contributed by atoms with E-state index in [1.807, 2.05) is 4.90 Å². The smallest absolute Gasteiger partial charge is 0.239 e. The van der Waals surface area contributed by atoms with Crippen molar-refractivity contribution in [2.45, 2.75) is 46.1 Å². The summed E-state index contributed by atoms with van der Waals surface area (Å²) in [5, 5.41) is 0. The zero-order valence-corrected chi connectivity index (χ0v) is 10.2. The molecule has 1 heterocycles. The van der Waals surface area contributed by atoms with E-state index < -0.39 is 0 Å². The van der Waals surface area contributed by atoms with E-state index in [-0.39, 0.29) is 17.9 Å². The van der Waals surface area contributed by atoms with Gasteiger partial charge in [0, 0.05) is 13.1 Å². The molecule has 0 aromatic rings. The van der Waals surface area contributed by atoms with E-state index in [1.54, 1.807) is 0 Å². The van der Waals surface area contributed by atoms with E-state index in [1.165, 1.54) is 0 Å². The van der Waals surface area contributed by atoms with Crippen molar-refractivity contribution in [3.05, 3.63) is 0 Å². The van der Waals surface area contributed by atoms with Crippen LogP contribution in [0.5, 0.6) is 0 Å². The highest BCUT2D eigenvalue weighted by atomic mass is 16.2. The molecule has 0 saturated carbocycles. The Bertz CT molecular complexity index is 210. The predicted molar refractivity (Wildman–Crippen MR) is 62.4 cm³/mol. The van der Waals surface area contributed by atoms with Gasteiger partial charge >= 0.3 is 0 Å². The normalized spacial score (nSPS) is 22.5. The van der Waals surface area contributed by atoms with Crippen LogP contribution >= 0.6 is 0 Å². The number of hydrogen-bond acceptors (Lipinski definition) is 2. The van der Waals surface area contributed by atoms with Gasteiger partial charge in [-0.3, -0.25) is 4.79 Å². The standard InChI is InChI=1S/C12H24N2O/c1-4-10(3)11(13)12(15)14-7-5-9(2)6-8-14/h9-11H,4-8,13H2,1-3H3/t10-,11-/m0/s1. The zero-order valence-electron chi connectivity index (χ0n) is 10.2. The molecule has 1 aliphatic heterocycles. The van der Waals surface area contributed by atoms with Gasteiger partial charge in [0.05, 0.1) is 6.04 Å². The van der Waals surface area contributed by atoms with Crippen LogP contribution in [0.4, 0.5) is 0 Å². The van der Waals surface area contributed by atoms with E-state index >= 15 is 0 Å². The summed E-state index contributed by atoms with van der Waals surface area (Å²) in [5.74, 6) is 1.20. The van der Waals surface area contributed by atoms with Crippen LogP contribution in [0.3, 0.4) is 0 Å². The number of likely N-dealkylation sites (tertiary alicyclic amines) is 1. The molecule has 0 aliphatic carbocycles. The number of rotatable bonds is 3. The first kappa shape index (κ1) is 12.5. The first-order valence-electron chi connectivity index (χ1n) is 6.10. The van der Waals surface area contributed by atoms with E-state index in [9.17, 15) is 4.79 Å². The topological polar surface area (TPSA) is 46.3 Å². The van der Waals surface area contributed by atoms with Gasteiger partial charge in [-0.15, -0.1) is 0 Å². The lowest BCUT2D eigenvalue weighted by Crippen LogP contribution is -2.49. The van der Waals surface area contributed by atoms with E-state index in [0.717, 1.165) is 38.3 Å². The van der Waals surface area contributed by atoms with Crippen molar-refractivity contribution in [3.63, 3.8) is 0 Å². The van der Waals surface area contributed by atoms with Gasteiger partial charge in [0.15, 0.2) is 0 Å². The minimum Gasteiger partial charge on any atom is -0.341 e. The molecule has 0 radical (unpaired) electrons. The summed E-state index contributed by atoms with van der Waals surface area (Å²) in [6.45, 7) is 8.16. The summed E-state index contributed by atoms with van der Waals surface area (Å²) in [6, 6.07) is -0.302. The molecule has 0 aromatic carbocycles. The van der Waals surface area contributed by atoms with E-state index in [4.69, 9.17) is 5.73 Å². The summed E-state index contributed by atoms with van der Waals surface area (Å²) in [6.07, 6.45) is 3.22. The molecule has 0 bridgehead atoms. The molecule has 15 heavy (non-hydrogen) atoms. The molecule has 2 atom stereocenters. The maximum atomic E-state index is 12.0. The van der Waals surface area contributed by atoms with Crippen molar-refractivity contribution in [2.75, 3.05) is 13.1 Å². The second-order valence-corrected chi connectivity index (χ2v) is 4.92. The van der Waals surface area contributed by atoms with Crippen LogP contribution < -0.4 is 5.73 Å². The second kappa shape index (κ2) is 5.50. The van der Waals surface area contributed by atoms with Gasteiger partial charge in [0.25, 0.3) is 0 Å². The molecular weight excluding hydrogens is 188 g/mol. The molecular formula is C12H24N2O. The lowest BCUT2D eigenvalue weighted by Gasteiger charge is -2.33. The summed E-state index contributed by atoms with van der Waals surface area (Å²) in [5.41, 5.74) is 5.95. The first-order chi connectivity index (χ1) is 7.06. The Hall–Kier alpha value is -0.570. The highest BCUT2D eigenvalue weighted by molar-refractivity contribution is 5.82. The fourth-order valence-corrected chi connectivity index (χ4v) is 1.94. The van der Waals surface area contributed by atoms with Gasteiger partial charge in [-0.05, 0) is 24.7 Å². The van der Waals surface area contributed by atoms with Crippen molar-refractivity contribution in [3.8, 4) is 0 Å². The van der Waals surface area contributed by atoms with Crippen molar-refractivity contribution in [1.29, 1.82) is 0 Å². The lowest BCUT2D eigenvalue weighted by molar-refractivity contribution is -0.135. The van der Waals surface area contributed by atoms with Crippen LogP contribution in [0.25, 0.3) is 0 Å². The minimum absolute atomic E-state index is 0.149. The van der Waals surface area contributed by atoms with Crippen LogP contribution in [-0.4, -0.2) is 29.9 Å². The molecule has 2 N–H and O–H groups in total. The summed E-state index contributed by atoms with van der Waals surface area (Å²) >= 11 is 0. The van der Waals surface area contributed by atoms with Gasteiger partial charge < -0.3 is 10.6 Å². The van der Waals surface area contributed by atoms with Crippen LogP contribution in [0, 0.1) is 11.8 Å². The van der Waals surface area contributed by atoms with Crippen LogP contribution in [0.1, 0.15) is 40.0 Å². The number of amides is 1. The molecule has 3 heteroatoms. The van der Waals surface area contributed by atoms with Gasteiger partial charge in [0.2, 0.25) is 5.91 Å². The Morgan fingerprint density at radius 3 is 2.47 bits per heavy atom. The summed E-state index contributed by atoms with van der Waals surface area (Å²) < 4.78 is 0. The number of carbonyl (C=O) groups is 1. The molecule has 0 spiro atoms. The van der Waals surface area contributed by atoms with E-state index in [2.05, 4.69) is 20.8 Å². The lowest BCUT2D eigenvalue weighted by atomic mass is 9.95. The van der Waals surface area contributed by atoms with Gasteiger partial charge in [-0.1, -0.05) is 27.2 Å². The van der Waals surface area contributed by atoms with E-state index in [0.29, 0.717) is 0 Å². The molecule has 0 aromatic heterocycles. The third-order valence-electron chi connectivity index (χ3n) is 3.64. The molecule has 1 saturated heterocycles. The Balaban J connectivity index is 2.46. The number of carbonyl (C=O) groups excluding carboxylic acids is 1. The predicted octanol–water partition coefficient (Wildman–Crippen LogP) is 1.62. The maximum Gasteiger partial charge on any atom is 0.239 e.